The summed E-state index contributed by atoms with van der Waals surface area (Å²) in [5.74, 6) is 0.264. The highest BCUT2D eigenvalue weighted by molar-refractivity contribution is 5.53. The van der Waals surface area contributed by atoms with Crippen LogP contribution in [0.1, 0.15) is 30.9 Å². The molecule has 0 amide bonds. The second kappa shape index (κ2) is 9.82. The van der Waals surface area contributed by atoms with Crippen LogP contribution in [0.2, 0.25) is 0 Å². The standard InChI is InChI=1S/C23H28FN3O2/c1-4-29-17-23(10-9-18-5-7-20(24)8-6-18)11-12-27(16-23)15-19-14-26-22(28-3)13-21(19)25-2/h5-8,13-14H,4,9-12,15-17H2,1,3H3. The highest BCUT2D eigenvalue weighted by Crippen LogP contribution is 2.37. The number of benzene rings is 1. The summed E-state index contributed by atoms with van der Waals surface area (Å²) < 4.78 is 24.1. The van der Waals surface area contributed by atoms with E-state index in [2.05, 4.69) is 14.7 Å². The Bertz CT molecular complexity index is 850. The third kappa shape index (κ3) is 5.53. The SMILES string of the molecule is [C-]#[N+]c1cc(OC)ncc1CN1CCC(CCc2ccc(F)cc2)(COCC)C1. The van der Waals surface area contributed by atoms with Crippen molar-refractivity contribution in [2.45, 2.75) is 32.7 Å². The largest absolute Gasteiger partial charge is 0.482 e. The molecule has 29 heavy (non-hydrogen) atoms. The number of ether oxygens (including phenoxy) is 2. The molecule has 5 nitrogen and oxygen atoms in total. The van der Waals surface area contributed by atoms with Crippen molar-refractivity contribution in [3.8, 4) is 5.88 Å². The molecule has 154 valence electrons. The maximum absolute atomic E-state index is 13.2. The Morgan fingerprint density at radius 1 is 1.31 bits per heavy atom. The van der Waals surface area contributed by atoms with Crippen LogP contribution in [0.15, 0.2) is 36.5 Å². The van der Waals surface area contributed by atoms with Gasteiger partial charge < -0.3 is 9.47 Å². The molecule has 1 atom stereocenters. The molecule has 1 aliphatic heterocycles. The lowest BCUT2D eigenvalue weighted by Crippen LogP contribution is -2.32. The molecular formula is C23H28FN3O2. The van der Waals surface area contributed by atoms with E-state index in [0.29, 0.717) is 24.7 Å². The highest BCUT2D eigenvalue weighted by atomic mass is 19.1. The number of aromatic nitrogens is 1. The molecule has 0 radical (unpaired) electrons. The molecule has 1 unspecified atom stereocenters. The number of halogens is 1. The smallest absolute Gasteiger partial charge is 0.201 e. The van der Waals surface area contributed by atoms with Crippen LogP contribution < -0.4 is 4.74 Å². The van der Waals surface area contributed by atoms with Crippen molar-refractivity contribution in [2.24, 2.45) is 5.41 Å². The summed E-state index contributed by atoms with van der Waals surface area (Å²) in [5, 5.41) is 0. The van der Waals surface area contributed by atoms with Crippen molar-refractivity contribution in [3.05, 3.63) is 64.9 Å². The molecule has 6 heteroatoms. The van der Waals surface area contributed by atoms with Gasteiger partial charge in [-0.3, -0.25) is 4.90 Å². The predicted molar refractivity (Wildman–Crippen MR) is 111 cm³/mol. The first kappa shape index (κ1) is 21.2. The Hall–Kier alpha value is -2.49. The predicted octanol–water partition coefficient (Wildman–Crippen LogP) is 4.64. The molecule has 2 heterocycles. The summed E-state index contributed by atoms with van der Waals surface area (Å²) in [5.41, 5.74) is 2.73. The fraction of sp³-hybridized carbons (Fsp3) is 0.478. The van der Waals surface area contributed by atoms with Gasteiger partial charge in [0.15, 0.2) is 5.69 Å². The van der Waals surface area contributed by atoms with Gasteiger partial charge in [-0.2, -0.15) is 0 Å². The highest BCUT2D eigenvalue weighted by Gasteiger charge is 2.38. The van der Waals surface area contributed by atoms with E-state index in [4.69, 9.17) is 16.0 Å². The van der Waals surface area contributed by atoms with Gasteiger partial charge in [0.05, 0.1) is 20.3 Å². The third-order valence-electron chi connectivity index (χ3n) is 5.65. The maximum Gasteiger partial charge on any atom is 0.201 e. The van der Waals surface area contributed by atoms with E-state index >= 15 is 0 Å². The quantitative estimate of drug-likeness (QED) is 0.578. The summed E-state index contributed by atoms with van der Waals surface area (Å²) >= 11 is 0. The number of likely N-dealkylation sites (tertiary alicyclic amines) is 1. The fourth-order valence-corrected chi connectivity index (χ4v) is 3.97. The Morgan fingerprint density at radius 2 is 2.10 bits per heavy atom. The zero-order chi connectivity index (χ0) is 20.7. The van der Waals surface area contributed by atoms with E-state index in [9.17, 15) is 4.39 Å². The number of rotatable bonds is 9. The van der Waals surface area contributed by atoms with Crippen molar-refractivity contribution >= 4 is 5.69 Å². The van der Waals surface area contributed by atoms with E-state index in [-0.39, 0.29) is 11.2 Å². The Labute approximate surface area is 172 Å². The molecule has 1 aromatic carbocycles. The van der Waals surface area contributed by atoms with Crippen molar-refractivity contribution < 1.29 is 13.9 Å². The van der Waals surface area contributed by atoms with E-state index in [0.717, 1.165) is 50.1 Å². The normalized spacial score (nSPS) is 19.2. The lowest BCUT2D eigenvalue weighted by atomic mass is 9.82. The van der Waals surface area contributed by atoms with E-state index < -0.39 is 0 Å². The van der Waals surface area contributed by atoms with Crippen LogP contribution in [0.5, 0.6) is 5.88 Å². The molecule has 2 aromatic rings. The molecule has 0 bridgehead atoms. The average molecular weight is 397 g/mol. The zero-order valence-corrected chi connectivity index (χ0v) is 17.2. The molecule has 0 saturated carbocycles. The molecule has 0 spiro atoms. The summed E-state index contributed by atoms with van der Waals surface area (Å²) in [6.07, 6.45) is 4.68. The lowest BCUT2D eigenvalue weighted by molar-refractivity contribution is 0.0489. The van der Waals surface area contributed by atoms with Gasteiger partial charge in [-0.05, 0) is 56.0 Å². The minimum absolute atomic E-state index is 0.0720. The van der Waals surface area contributed by atoms with Gasteiger partial charge in [0.2, 0.25) is 5.88 Å². The summed E-state index contributed by atoms with van der Waals surface area (Å²) in [6.45, 7) is 13.5. The molecule has 1 aromatic heterocycles. The number of hydrogen-bond acceptors (Lipinski definition) is 4. The molecule has 0 aliphatic carbocycles. The van der Waals surface area contributed by atoms with Gasteiger partial charge in [0, 0.05) is 37.4 Å². The fourth-order valence-electron chi connectivity index (χ4n) is 3.97. The van der Waals surface area contributed by atoms with Gasteiger partial charge in [-0.25, -0.2) is 14.2 Å². The minimum atomic E-state index is -0.200. The van der Waals surface area contributed by atoms with Crippen LogP contribution in [0, 0.1) is 17.8 Å². The van der Waals surface area contributed by atoms with Crippen LogP contribution in [-0.4, -0.2) is 43.3 Å². The van der Waals surface area contributed by atoms with Gasteiger partial charge in [0.1, 0.15) is 5.82 Å². The Kier molecular flexibility index (Phi) is 7.18. The minimum Gasteiger partial charge on any atom is -0.482 e. The first-order valence-electron chi connectivity index (χ1n) is 10.0. The Morgan fingerprint density at radius 3 is 2.79 bits per heavy atom. The zero-order valence-electron chi connectivity index (χ0n) is 17.2. The third-order valence-corrected chi connectivity index (χ3v) is 5.65. The van der Waals surface area contributed by atoms with Crippen molar-refractivity contribution in [3.63, 3.8) is 0 Å². The Balaban J connectivity index is 1.67. The molecule has 1 fully saturated rings. The maximum atomic E-state index is 13.2. The van der Waals surface area contributed by atoms with Crippen molar-refractivity contribution in [1.29, 1.82) is 0 Å². The van der Waals surface area contributed by atoms with Crippen molar-refractivity contribution in [1.82, 2.24) is 9.88 Å². The number of aryl methyl sites for hydroxylation is 1. The summed E-state index contributed by atoms with van der Waals surface area (Å²) in [4.78, 5) is 10.3. The number of hydrogen-bond donors (Lipinski definition) is 0. The molecule has 1 saturated heterocycles. The van der Waals surface area contributed by atoms with Crippen LogP contribution in [0.3, 0.4) is 0 Å². The number of nitrogens with zero attached hydrogens (tertiary/aromatic N) is 3. The van der Waals surface area contributed by atoms with Gasteiger partial charge >= 0.3 is 0 Å². The molecular weight excluding hydrogens is 369 g/mol. The second-order valence-electron chi connectivity index (χ2n) is 7.69. The first-order chi connectivity index (χ1) is 14.1. The lowest BCUT2D eigenvalue weighted by Gasteiger charge is -2.29. The number of pyridine rings is 1. The van der Waals surface area contributed by atoms with Gasteiger partial charge in [-0.15, -0.1) is 0 Å². The van der Waals surface area contributed by atoms with Crippen LogP contribution in [-0.2, 0) is 17.7 Å². The monoisotopic (exact) mass is 397 g/mol. The average Bonchev–Trinajstić information content (AvgIpc) is 3.15. The van der Waals surface area contributed by atoms with Crippen LogP contribution >= 0.6 is 0 Å². The van der Waals surface area contributed by atoms with E-state index in [1.54, 1.807) is 19.4 Å². The molecule has 1 aliphatic rings. The number of methoxy groups -OCH3 is 1. The van der Waals surface area contributed by atoms with Crippen LogP contribution in [0.25, 0.3) is 4.85 Å². The van der Waals surface area contributed by atoms with Crippen molar-refractivity contribution in [2.75, 3.05) is 33.4 Å². The molecule has 3 rings (SSSR count). The molecule has 0 N–H and O–H groups in total. The summed E-state index contributed by atoms with van der Waals surface area (Å²) in [6, 6.07) is 8.46. The first-order valence-corrected chi connectivity index (χ1v) is 10.0. The van der Waals surface area contributed by atoms with Gasteiger partial charge in [0.25, 0.3) is 0 Å². The van der Waals surface area contributed by atoms with E-state index in [1.165, 1.54) is 12.1 Å². The second-order valence-corrected chi connectivity index (χ2v) is 7.69. The topological polar surface area (TPSA) is 39.0 Å². The van der Waals surface area contributed by atoms with Gasteiger partial charge in [-0.1, -0.05) is 12.1 Å². The summed E-state index contributed by atoms with van der Waals surface area (Å²) in [7, 11) is 1.55. The van der Waals surface area contributed by atoms with E-state index in [1.807, 2.05) is 19.1 Å². The van der Waals surface area contributed by atoms with Crippen LogP contribution in [0.4, 0.5) is 10.1 Å².